The van der Waals surface area contributed by atoms with E-state index in [-0.39, 0.29) is 48.7 Å². The van der Waals surface area contributed by atoms with E-state index in [2.05, 4.69) is 10.3 Å². The molecule has 1 aliphatic heterocycles. The molecule has 35 heavy (non-hydrogen) atoms. The van der Waals surface area contributed by atoms with Crippen molar-refractivity contribution in [3.63, 3.8) is 0 Å². The maximum absolute atomic E-state index is 12.7. The second-order valence-electron chi connectivity index (χ2n) is 8.45. The summed E-state index contributed by atoms with van der Waals surface area (Å²) in [7, 11) is -3.57. The quantitative estimate of drug-likeness (QED) is 0.517. The number of aromatic nitrogens is 2. The summed E-state index contributed by atoms with van der Waals surface area (Å²) in [6, 6.07) is 15.9. The molecule has 1 aromatic heterocycles. The average molecular weight is 496 g/mol. The fourth-order valence-corrected chi connectivity index (χ4v) is 5.49. The van der Waals surface area contributed by atoms with Gasteiger partial charge in [0, 0.05) is 57.1 Å². The SMILES string of the molecule is C[C@@H](NC(=O)CCC(=O)N1CCN(S(=O)(=O)c2ccccc2)CC1)c1ccc(-n2ccnc2)cc1. The van der Waals surface area contributed by atoms with Crippen molar-refractivity contribution < 1.29 is 18.0 Å². The zero-order valence-corrected chi connectivity index (χ0v) is 20.4. The van der Waals surface area contributed by atoms with Crippen LogP contribution in [0.25, 0.3) is 5.69 Å². The van der Waals surface area contributed by atoms with E-state index in [0.717, 1.165) is 11.3 Å². The van der Waals surface area contributed by atoms with Gasteiger partial charge in [0.2, 0.25) is 21.8 Å². The summed E-state index contributed by atoms with van der Waals surface area (Å²) < 4.78 is 28.8. The van der Waals surface area contributed by atoms with Crippen molar-refractivity contribution in [3.05, 3.63) is 78.9 Å². The first-order chi connectivity index (χ1) is 16.8. The summed E-state index contributed by atoms with van der Waals surface area (Å²) in [6.45, 7) is 3.00. The number of benzene rings is 2. The lowest BCUT2D eigenvalue weighted by Gasteiger charge is -2.34. The number of sulfonamides is 1. The van der Waals surface area contributed by atoms with Crippen molar-refractivity contribution in [2.75, 3.05) is 26.2 Å². The van der Waals surface area contributed by atoms with Gasteiger partial charge < -0.3 is 14.8 Å². The van der Waals surface area contributed by atoms with Gasteiger partial charge in [-0.2, -0.15) is 4.31 Å². The molecule has 1 aliphatic rings. The first-order valence-electron chi connectivity index (χ1n) is 11.6. The van der Waals surface area contributed by atoms with E-state index in [4.69, 9.17) is 0 Å². The van der Waals surface area contributed by atoms with Crippen LogP contribution >= 0.6 is 0 Å². The highest BCUT2D eigenvalue weighted by Crippen LogP contribution is 2.18. The van der Waals surface area contributed by atoms with Gasteiger partial charge in [-0.15, -0.1) is 0 Å². The molecule has 1 N–H and O–H groups in total. The average Bonchev–Trinajstić information content (AvgIpc) is 3.43. The van der Waals surface area contributed by atoms with Crippen LogP contribution in [0.5, 0.6) is 0 Å². The Bertz CT molecular complexity index is 1240. The minimum atomic E-state index is -3.57. The number of piperazine rings is 1. The summed E-state index contributed by atoms with van der Waals surface area (Å²) in [5, 5.41) is 2.94. The van der Waals surface area contributed by atoms with Crippen LogP contribution in [0.15, 0.2) is 78.2 Å². The predicted molar refractivity (Wildman–Crippen MR) is 131 cm³/mol. The van der Waals surface area contributed by atoms with Crippen molar-refractivity contribution in [3.8, 4) is 5.69 Å². The van der Waals surface area contributed by atoms with Gasteiger partial charge in [-0.05, 0) is 36.8 Å². The molecule has 0 radical (unpaired) electrons. The van der Waals surface area contributed by atoms with Gasteiger partial charge in [0.05, 0.1) is 17.3 Å². The Morgan fingerprint density at radius 2 is 1.66 bits per heavy atom. The number of nitrogens with zero attached hydrogens (tertiary/aromatic N) is 4. The third-order valence-corrected chi connectivity index (χ3v) is 8.02. The normalized spacial score (nSPS) is 15.5. The topological polar surface area (TPSA) is 105 Å². The molecular weight excluding hydrogens is 466 g/mol. The summed E-state index contributed by atoms with van der Waals surface area (Å²) >= 11 is 0. The van der Waals surface area contributed by atoms with E-state index in [1.54, 1.807) is 47.8 Å². The molecular formula is C25H29N5O4S. The van der Waals surface area contributed by atoms with Crippen LogP contribution in [0.4, 0.5) is 0 Å². The van der Waals surface area contributed by atoms with Gasteiger partial charge >= 0.3 is 0 Å². The molecule has 10 heteroatoms. The van der Waals surface area contributed by atoms with E-state index in [9.17, 15) is 18.0 Å². The van der Waals surface area contributed by atoms with Crippen LogP contribution in [-0.4, -0.2) is 65.2 Å². The van der Waals surface area contributed by atoms with Crippen LogP contribution in [0, 0.1) is 0 Å². The third-order valence-electron chi connectivity index (χ3n) is 6.11. The molecule has 1 fully saturated rings. The Morgan fingerprint density at radius 3 is 2.29 bits per heavy atom. The molecule has 1 saturated heterocycles. The van der Waals surface area contributed by atoms with Gasteiger partial charge in [0.1, 0.15) is 0 Å². The number of hydrogen-bond acceptors (Lipinski definition) is 5. The number of carbonyl (C=O) groups excluding carboxylic acids is 2. The van der Waals surface area contributed by atoms with E-state index >= 15 is 0 Å². The van der Waals surface area contributed by atoms with Crippen molar-refractivity contribution in [2.24, 2.45) is 0 Å². The molecule has 0 spiro atoms. The molecule has 2 amide bonds. The van der Waals surface area contributed by atoms with Crippen LogP contribution in [0.2, 0.25) is 0 Å². The predicted octanol–water partition coefficient (Wildman–Crippen LogP) is 2.36. The number of carbonyl (C=O) groups is 2. The highest BCUT2D eigenvalue weighted by molar-refractivity contribution is 7.89. The number of amides is 2. The van der Waals surface area contributed by atoms with Crippen LogP contribution in [-0.2, 0) is 19.6 Å². The van der Waals surface area contributed by atoms with E-state index < -0.39 is 10.0 Å². The van der Waals surface area contributed by atoms with Crippen LogP contribution < -0.4 is 5.32 Å². The monoisotopic (exact) mass is 495 g/mol. The lowest BCUT2D eigenvalue weighted by Crippen LogP contribution is -2.50. The van der Waals surface area contributed by atoms with Gasteiger partial charge in [0.15, 0.2) is 0 Å². The highest BCUT2D eigenvalue weighted by atomic mass is 32.2. The highest BCUT2D eigenvalue weighted by Gasteiger charge is 2.30. The van der Waals surface area contributed by atoms with Gasteiger partial charge in [-0.3, -0.25) is 9.59 Å². The maximum Gasteiger partial charge on any atom is 0.243 e. The molecule has 1 atom stereocenters. The fourth-order valence-electron chi connectivity index (χ4n) is 4.04. The Balaban J connectivity index is 1.22. The molecule has 0 bridgehead atoms. The Morgan fingerprint density at radius 1 is 0.971 bits per heavy atom. The second kappa shape index (κ2) is 10.8. The summed E-state index contributed by atoms with van der Waals surface area (Å²) in [4.78, 5) is 30.9. The lowest BCUT2D eigenvalue weighted by molar-refractivity contribution is -0.134. The molecule has 2 heterocycles. The zero-order chi connectivity index (χ0) is 24.8. The Hall–Kier alpha value is -3.50. The van der Waals surface area contributed by atoms with E-state index in [1.807, 2.05) is 42.0 Å². The van der Waals surface area contributed by atoms with Crippen molar-refractivity contribution in [2.45, 2.75) is 30.7 Å². The number of nitrogens with one attached hydrogen (secondary N) is 1. The molecule has 3 aromatic rings. The first-order valence-corrected chi connectivity index (χ1v) is 13.0. The molecule has 9 nitrogen and oxygen atoms in total. The Kier molecular flexibility index (Phi) is 7.62. The van der Waals surface area contributed by atoms with E-state index in [0.29, 0.717) is 13.1 Å². The standard InChI is InChI=1S/C25H29N5O4S/c1-20(21-7-9-22(10-8-21)29-14-13-26-19-29)27-24(31)11-12-25(32)28-15-17-30(18-16-28)35(33,34)23-5-3-2-4-6-23/h2-10,13-14,19-20H,11-12,15-18H2,1H3,(H,27,31)/t20-/m1/s1. The molecule has 4 rings (SSSR count). The van der Waals surface area contributed by atoms with Gasteiger partial charge in [0.25, 0.3) is 0 Å². The molecule has 0 unspecified atom stereocenters. The minimum Gasteiger partial charge on any atom is -0.350 e. The number of hydrogen-bond donors (Lipinski definition) is 1. The first kappa shape index (κ1) is 24.6. The lowest BCUT2D eigenvalue weighted by atomic mass is 10.1. The van der Waals surface area contributed by atoms with Gasteiger partial charge in [-0.25, -0.2) is 13.4 Å². The van der Waals surface area contributed by atoms with Crippen molar-refractivity contribution in [1.29, 1.82) is 0 Å². The van der Waals surface area contributed by atoms with Gasteiger partial charge in [-0.1, -0.05) is 30.3 Å². The molecule has 0 aliphatic carbocycles. The third kappa shape index (κ3) is 5.95. The summed E-state index contributed by atoms with van der Waals surface area (Å²) in [5.41, 5.74) is 1.94. The Labute approximate surface area is 205 Å². The molecule has 184 valence electrons. The second-order valence-corrected chi connectivity index (χ2v) is 10.4. The van der Waals surface area contributed by atoms with E-state index in [1.165, 1.54) is 4.31 Å². The van der Waals surface area contributed by atoms with Crippen molar-refractivity contribution >= 4 is 21.8 Å². The number of imidazole rings is 1. The summed E-state index contributed by atoms with van der Waals surface area (Å²) in [5.74, 6) is -0.343. The van der Waals surface area contributed by atoms with Crippen LogP contribution in [0.1, 0.15) is 31.4 Å². The van der Waals surface area contributed by atoms with Crippen molar-refractivity contribution in [1.82, 2.24) is 24.1 Å². The minimum absolute atomic E-state index is 0.0822. The maximum atomic E-state index is 12.7. The smallest absolute Gasteiger partial charge is 0.243 e. The largest absolute Gasteiger partial charge is 0.350 e. The zero-order valence-electron chi connectivity index (χ0n) is 19.6. The van der Waals surface area contributed by atoms with Crippen LogP contribution in [0.3, 0.4) is 0 Å². The fraction of sp³-hybridized carbons (Fsp3) is 0.320. The molecule has 0 saturated carbocycles. The molecule has 2 aromatic carbocycles. The number of rotatable bonds is 8. The summed E-state index contributed by atoms with van der Waals surface area (Å²) in [6.07, 6.45) is 5.46.